The molecule has 0 heterocycles. The van der Waals surface area contributed by atoms with Crippen molar-refractivity contribution in [1.29, 1.82) is 0 Å². The van der Waals surface area contributed by atoms with Crippen molar-refractivity contribution in [2.45, 2.75) is 51.0 Å². The van der Waals surface area contributed by atoms with Crippen LogP contribution in [0.5, 0.6) is 0 Å². The molecule has 0 bridgehead atoms. The summed E-state index contributed by atoms with van der Waals surface area (Å²) in [7, 11) is 0. The minimum Gasteiger partial charge on any atom is -0.464 e. The molecule has 1 fully saturated rings. The van der Waals surface area contributed by atoms with Crippen LogP contribution in [0.1, 0.15) is 51.0 Å². The fourth-order valence-corrected chi connectivity index (χ4v) is 3.49. The monoisotopic (exact) mass is 355 g/mol. The van der Waals surface area contributed by atoms with Gasteiger partial charge in [-0.15, -0.1) is 12.4 Å². The van der Waals surface area contributed by atoms with E-state index in [1.807, 2.05) is 30.3 Å². The molecule has 24 heavy (non-hydrogen) atoms. The summed E-state index contributed by atoms with van der Waals surface area (Å²) in [6.07, 6.45) is 3.26. The Hall–Kier alpha value is -1.10. The van der Waals surface area contributed by atoms with Gasteiger partial charge in [-0.05, 0) is 31.5 Å². The molecule has 0 aliphatic heterocycles. The first-order chi connectivity index (χ1) is 11.1. The van der Waals surface area contributed by atoms with Gasteiger partial charge >= 0.3 is 5.97 Å². The summed E-state index contributed by atoms with van der Waals surface area (Å²) in [6.45, 7) is 7.19. The second-order valence-corrected chi connectivity index (χ2v) is 6.35. The molecule has 0 radical (unpaired) electrons. The molecule has 4 nitrogen and oxygen atoms in total. The van der Waals surface area contributed by atoms with E-state index in [9.17, 15) is 9.90 Å². The highest BCUT2D eigenvalue weighted by molar-refractivity contribution is 5.85. The average Bonchev–Trinajstić information content (AvgIpc) is 3.00. The maximum atomic E-state index is 12.7. The fraction of sp³-hybridized carbons (Fsp3) is 0.632. The predicted molar refractivity (Wildman–Crippen MR) is 98.6 cm³/mol. The molecule has 136 valence electrons. The number of ether oxygens (including phenoxy) is 1. The van der Waals surface area contributed by atoms with Crippen molar-refractivity contribution in [2.24, 2.45) is 0 Å². The molecule has 1 aromatic rings. The van der Waals surface area contributed by atoms with Gasteiger partial charge in [0.2, 0.25) is 0 Å². The van der Waals surface area contributed by atoms with Gasteiger partial charge in [-0.2, -0.15) is 0 Å². The van der Waals surface area contributed by atoms with Gasteiger partial charge in [-0.1, -0.05) is 57.0 Å². The second kappa shape index (κ2) is 10.0. The Morgan fingerprint density at radius 2 is 1.79 bits per heavy atom. The zero-order valence-electron chi connectivity index (χ0n) is 14.7. The van der Waals surface area contributed by atoms with E-state index in [1.54, 1.807) is 0 Å². The summed E-state index contributed by atoms with van der Waals surface area (Å²) in [4.78, 5) is 14.9. The number of halogens is 1. The lowest BCUT2D eigenvalue weighted by molar-refractivity contribution is -0.153. The third kappa shape index (κ3) is 5.20. The molecule has 0 amide bonds. The van der Waals surface area contributed by atoms with Crippen molar-refractivity contribution in [3.8, 4) is 0 Å². The van der Waals surface area contributed by atoms with Crippen LogP contribution in [0, 0.1) is 0 Å². The molecule has 1 aromatic carbocycles. The zero-order chi connectivity index (χ0) is 16.7. The predicted octanol–water partition coefficient (Wildman–Crippen LogP) is 3.38. The van der Waals surface area contributed by atoms with E-state index in [2.05, 4.69) is 18.7 Å². The Morgan fingerprint density at radius 1 is 1.21 bits per heavy atom. The van der Waals surface area contributed by atoms with Crippen LogP contribution in [-0.2, 0) is 9.53 Å². The van der Waals surface area contributed by atoms with Gasteiger partial charge in [-0.3, -0.25) is 4.79 Å². The maximum Gasteiger partial charge on any atom is 0.316 e. The third-order valence-corrected chi connectivity index (χ3v) is 4.92. The quantitative estimate of drug-likeness (QED) is 0.726. The Morgan fingerprint density at radius 3 is 2.33 bits per heavy atom. The van der Waals surface area contributed by atoms with Crippen molar-refractivity contribution in [1.82, 2.24) is 4.90 Å². The summed E-state index contributed by atoms with van der Waals surface area (Å²) < 4.78 is 5.53. The van der Waals surface area contributed by atoms with Crippen molar-refractivity contribution in [3.63, 3.8) is 0 Å². The minimum atomic E-state index is -0.965. The normalized spacial score (nSPS) is 17.3. The molecule has 2 rings (SSSR count). The van der Waals surface area contributed by atoms with Crippen molar-refractivity contribution < 1.29 is 14.6 Å². The van der Waals surface area contributed by atoms with E-state index in [1.165, 1.54) is 0 Å². The minimum absolute atomic E-state index is 0. The molecule has 0 aromatic heterocycles. The SMILES string of the molecule is CCN(CC)CCOC(=O)C(c1ccccc1)C1(O)CCCC1.Cl. The van der Waals surface area contributed by atoms with Crippen LogP contribution in [0.25, 0.3) is 0 Å². The van der Waals surface area contributed by atoms with Crippen LogP contribution in [0.15, 0.2) is 30.3 Å². The molecule has 5 heteroatoms. The average molecular weight is 356 g/mol. The summed E-state index contributed by atoms with van der Waals surface area (Å²) in [5, 5.41) is 11.0. The molecule has 0 spiro atoms. The van der Waals surface area contributed by atoms with E-state index < -0.39 is 11.5 Å². The van der Waals surface area contributed by atoms with Gasteiger partial charge in [0.25, 0.3) is 0 Å². The van der Waals surface area contributed by atoms with Crippen LogP contribution < -0.4 is 0 Å². The maximum absolute atomic E-state index is 12.7. The molecule has 1 atom stereocenters. The molecule has 1 aliphatic carbocycles. The van der Waals surface area contributed by atoms with Gasteiger partial charge in [-0.25, -0.2) is 0 Å². The first-order valence-corrected chi connectivity index (χ1v) is 8.77. The number of rotatable bonds is 8. The van der Waals surface area contributed by atoms with Crippen LogP contribution in [0.3, 0.4) is 0 Å². The third-order valence-electron chi connectivity index (χ3n) is 4.92. The Balaban J connectivity index is 0.00000288. The standard InChI is InChI=1S/C19H29NO3.ClH/c1-3-20(4-2)14-15-23-18(21)17(16-10-6-5-7-11-16)19(22)12-8-9-13-19;/h5-7,10-11,17,22H,3-4,8-9,12-15H2,1-2H3;1H. The first-order valence-electron chi connectivity index (χ1n) is 8.77. The second-order valence-electron chi connectivity index (χ2n) is 6.35. The Bertz CT molecular complexity index is 485. The topological polar surface area (TPSA) is 49.8 Å². The van der Waals surface area contributed by atoms with Crippen molar-refractivity contribution in [2.75, 3.05) is 26.2 Å². The van der Waals surface area contributed by atoms with E-state index >= 15 is 0 Å². The highest BCUT2D eigenvalue weighted by Crippen LogP contribution is 2.41. The number of nitrogens with zero attached hydrogens (tertiary/aromatic N) is 1. The number of hydrogen-bond acceptors (Lipinski definition) is 4. The number of carbonyl (C=O) groups is 1. The van der Waals surface area contributed by atoms with E-state index in [4.69, 9.17) is 4.74 Å². The zero-order valence-corrected chi connectivity index (χ0v) is 15.6. The van der Waals surface area contributed by atoms with Crippen molar-refractivity contribution >= 4 is 18.4 Å². The lowest BCUT2D eigenvalue weighted by atomic mass is 9.81. The molecular formula is C19H30ClNO3. The number of carbonyl (C=O) groups excluding carboxylic acids is 1. The number of likely N-dealkylation sites (N-methyl/N-ethyl adjacent to an activating group) is 1. The molecule has 1 aliphatic rings. The van der Waals surface area contributed by atoms with E-state index in [-0.39, 0.29) is 18.4 Å². The number of benzene rings is 1. The largest absolute Gasteiger partial charge is 0.464 e. The van der Waals surface area contributed by atoms with Crippen LogP contribution >= 0.6 is 12.4 Å². The molecule has 0 saturated heterocycles. The molecule has 1 unspecified atom stereocenters. The van der Waals surface area contributed by atoms with Crippen LogP contribution in [0.2, 0.25) is 0 Å². The fourth-order valence-electron chi connectivity index (χ4n) is 3.49. The number of esters is 1. The molecule has 1 N–H and O–H groups in total. The molecular weight excluding hydrogens is 326 g/mol. The van der Waals surface area contributed by atoms with Crippen molar-refractivity contribution in [3.05, 3.63) is 35.9 Å². The lowest BCUT2D eigenvalue weighted by Gasteiger charge is -2.31. The lowest BCUT2D eigenvalue weighted by Crippen LogP contribution is -2.39. The Kier molecular flexibility index (Phi) is 8.74. The number of aliphatic hydroxyl groups is 1. The van der Waals surface area contributed by atoms with Gasteiger partial charge in [0.05, 0.1) is 5.60 Å². The summed E-state index contributed by atoms with van der Waals surface area (Å²) in [5.41, 5.74) is -0.113. The van der Waals surface area contributed by atoms with Crippen LogP contribution in [0.4, 0.5) is 0 Å². The van der Waals surface area contributed by atoms with Crippen LogP contribution in [-0.4, -0.2) is 47.8 Å². The van der Waals surface area contributed by atoms with Gasteiger partial charge in [0, 0.05) is 6.54 Å². The highest BCUT2D eigenvalue weighted by atomic mass is 35.5. The highest BCUT2D eigenvalue weighted by Gasteiger charge is 2.45. The van der Waals surface area contributed by atoms with Gasteiger partial charge in [0.1, 0.15) is 12.5 Å². The smallest absolute Gasteiger partial charge is 0.316 e. The molecule has 1 saturated carbocycles. The summed E-state index contributed by atoms with van der Waals surface area (Å²) in [6, 6.07) is 9.55. The van der Waals surface area contributed by atoms with Gasteiger partial charge < -0.3 is 14.7 Å². The Labute approximate surface area is 151 Å². The number of hydrogen-bond donors (Lipinski definition) is 1. The summed E-state index contributed by atoms with van der Waals surface area (Å²) >= 11 is 0. The van der Waals surface area contributed by atoms with E-state index in [0.717, 1.165) is 38.0 Å². The van der Waals surface area contributed by atoms with E-state index in [0.29, 0.717) is 19.4 Å². The van der Waals surface area contributed by atoms with Gasteiger partial charge in [0.15, 0.2) is 0 Å². The first kappa shape index (κ1) is 20.9. The summed E-state index contributed by atoms with van der Waals surface area (Å²) in [5.74, 6) is -0.879.